The second-order valence-corrected chi connectivity index (χ2v) is 4.66. The minimum Gasteiger partial charge on any atom is -0.392 e. The van der Waals surface area contributed by atoms with Gasteiger partial charge in [0.15, 0.2) is 0 Å². The van der Waals surface area contributed by atoms with Crippen LogP contribution in [0.3, 0.4) is 0 Å². The number of hydrogen-bond acceptors (Lipinski definition) is 3. The third-order valence-electron chi connectivity index (χ3n) is 3.03. The molecule has 1 aromatic heterocycles. The summed E-state index contributed by atoms with van der Waals surface area (Å²) in [5.74, 6) is 0. The first-order valence-corrected chi connectivity index (χ1v) is 5.99. The van der Waals surface area contributed by atoms with Gasteiger partial charge in [0.1, 0.15) is 0 Å². The van der Waals surface area contributed by atoms with Crippen molar-refractivity contribution in [3.8, 4) is 0 Å². The Morgan fingerprint density at radius 1 is 1.33 bits per heavy atom. The maximum Gasteiger partial charge on any atom is 0.0681 e. The van der Waals surface area contributed by atoms with Gasteiger partial charge in [0.2, 0.25) is 0 Å². The van der Waals surface area contributed by atoms with E-state index in [-0.39, 0.29) is 6.61 Å². The van der Waals surface area contributed by atoms with Gasteiger partial charge < -0.3 is 10.0 Å². The van der Waals surface area contributed by atoms with Crippen LogP contribution in [-0.4, -0.2) is 21.9 Å². The molecule has 0 spiro atoms. The van der Waals surface area contributed by atoms with E-state index >= 15 is 0 Å². The van der Waals surface area contributed by atoms with Crippen LogP contribution in [0.15, 0.2) is 30.6 Å². The van der Waals surface area contributed by atoms with E-state index in [4.69, 9.17) is 5.11 Å². The molecule has 0 unspecified atom stereocenters. The van der Waals surface area contributed by atoms with Crippen molar-refractivity contribution in [2.24, 2.45) is 7.05 Å². The second-order valence-electron chi connectivity index (χ2n) is 4.66. The van der Waals surface area contributed by atoms with Crippen LogP contribution in [0.5, 0.6) is 0 Å². The minimum absolute atomic E-state index is 0.0907. The number of aromatic nitrogens is 2. The highest BCUT2D eigenvalue weighted by Gasteiger charge is 2.07. The van der Waals surface area contributed by atoms with Crippen molar-refractivity contribution in [1.29, 1.82) is 0 Å². The van der Waals surface area contributed by atoms with Crippen molar-refractivity contribution >= 4 is 5.69 Å². The predicted octanol–water partition coefficient (Wildman–Crippen LogP) is 1.86. The largest absolute Gasteiger partial charge is 0.392 e. The quantitative estimate of drug-likeness (QED) is 0.894. The SMILES string of the molecule is Cc1cc(CO)ccc1N(C)Cc1cnn(C)c1. The molecule has 1 aromatic carbocycles. The van der Waals surface area contributed by atoms with Gasteiger partial charge in [-0.2, -0.15) is 5.10 Å². The minimum atomic E-state index is 0.0907. The zero-order valence-electron chi connectivity index (χ0n) is 11.1. The number of anilines is 1. The monoisotopic (exact) mass is 245 g/mol. The molecule has 0 saturated carbocycles. The number of aryl methyl sites for hydroxylation is 2. The lowest BCUT2D eigenvalue weighted by atomic mass is 10.1. The summed E-state index contributed by atoms with van der Waals surface area (Å²) in [6, 6.07) is 6.04. The molecule has 0 atom stereocenters. The van der Waals surface area contributed by atoms with Crippen LogP contribution in [0.4, 0.5) is 5.69 Å². The fraction of sp³-hybridized carbons (Fsp3) is 0.357. The molecule has 1 heterocycles. The first kappa shape index (κ1) is 12.6. The Hall–Kier alpha value is -1.81. The zero-order valence-corrected chi connectivity index (χ0v) is 11.1. The summed E-state index contributed by atoms with van der Waals surface area (Å²) in [5.41, 5.74) is 4.49. The van der Waals surface area contributed by atoms with E-state index in [9.17, 15) is 0 Å². The number of rotatable bonds is 4. The van der Waals surface area contributed by atoms with Gasteiger partial charge in [-0.25, -0.2) is 0 Å². The van der Waals surface area contributed by atoms with Gasteiger partial charge in [-0.3, -0.25) is 4.68 Å². The average molecular weight is 245 g/mol. The van der Waals surface area contributed by atoms with Crippen LogP contribution in [0.25, 0.3) is 0 Å². The summed E-state index contributed by atoms with van der Waals surface area (Å²) in [6.07, 6.45) is 3.90. The summed E-state index contributed by atoms with van der Waals surface area (Å²) in [6.45, 7) is 2.98. The number of aliphatic hydroxyl groups is 1. The Kier molecular flexibility index (Phi) is 3.67. The fourth-order valence-electron chi connectivity index (χ4n) is 2.16. The standard InChI is InChI=1S/C14H19N3O/c1-11-6-12(10-18)4-5-14(11)16(2)8-13-7-15-17(3)9-13/h4-7,9,18H,8,10H2,1-3H3. The van der Waals surface area contributed by atoms with Crippen LogP contribution < -0.4 is 4.90 Å². The molecule has 0 fully saturated rings. The highest BCUT2D eigenvalue weighted by atomic mass is 16.3. The molecule has 0 aliphatic carbocycles. The van der Waals surface area contributed by atoms with E-state index in [1.807, 2.05) is 36.3 Å². The van der Waals surface area contributed by atoms with E-state index in [1.165, 1.54) is 16.8 Å². The molecule has 2 aromatic rings. The Balaban J connectivity index is 2.15. The van der Waals surface area contributed by atoms with Crippen molar-refractivity contribution in [2.45, 2.75) is 20.1 Å². The molecule has 0 aliphatic heterocycles. The lowest BCUT2D eigenvalue weighted by Crippen LogP contribution is -2.17. The van der Waals surface area contributed by atoms with Crippen molar-refractivity contribution in [1.82, 2.24) is 9.78 Å². The van der Waals surface area contributed by atoms with Gasteiger partial charge in [-0.15, -0.1) is 0 Å². The average Bonchev–Trinajstić information content (AvgIpc) is 2.74. The van der Waals surface area contributed by atoms with Gasteiger partial charge in [-0.1, -0.05) is 12.1 Å². The fourth-order valence-corrected chi connectivity index (χ4v) is 2.16. The van der Waals surface area contributed by atoms with Gasteiger partial charge in [0.05, 0.1) is 12.8 Å². The highest BCUT2D eigenvalue weighted by Crippen LogP contribution is 2.21. The molecular formula is C14H19N3O. The van der Waals surface area contributed by atoms with Crippen molar-refractivity contribution in [2.75, 3.05) is 11.9 Å². The molecular weight excluding hydrogens is 226 g/mol. The van der Waals surface area contributed by atoms with Gasteiger partial charge in [0, 0.05) is 38.1 Å². The smallest absolute Gasteiger partial charge is 0.0681 e. The molecule has 0 saturated heterocycles. The van der Waals surface area contributed by atoms with Crippen molar-refractivity contribution < 1.29 is 5.11 Å². The van der Waals surface area contributed by atoms with Crippen molar-refractivity contribution in [3.05, 3.63) is 47.3 Å². The van der Waals surface area contributed by atoms with E-state index in [0.29, 0.717) is 0 Å². The third-order valence-corrected chi connectivity index (χ3v) is 3.03. The maximum atomic E-state index is 9.10. The van der Waals surface area contributed by atoms with Crippen molar-refractivity contribution in [3.63, 3.8) is 0 Å². The van der Waals surface area contributed by atoms with Crippen LogP contribution in [-0.2, 0) is 20.2 Å². The molecule has 0 radical (unpaired) electrons. The first-order chi connectivity index (χ1) is 8.60. The summed E-state index contributed by atoms with van der Waals surface area (Å²) in [4.78, 5) is 2.19. The van der Waals surface area contributed by atoms with E-state index in [1.54, 1.807) is 0 Å². The summed E-state index contributed by atoms with van der Waals surface area (Å²) < 4.78 is 1.81. The topological polar surface area (TPSA) is 41.3 Å². The van der Waals surface area contributed by atoms with Crippen LogP contribution >= 0.6 is 0 Å². The lowest BCUT2D eigenvalue weighted by Gasteiger charge is -2.21. The zero-order chi connectivity index (χ0) is 13.1. The van der Waals surface area contributed by atoms with Gasteiger partial charge in [-0.05, 0) is 24.1 Å². The highest BCUT2D eigenvalue weighted by molar-refractivity contribution is 5.54. The molecule has 0 aliphatic rings. The van der Waals surface area contributed by atoms with E-state index in [2.05, 4.69) is 30.0 Å². The normalized spacial score (nSPS) is 10.7. The molecule has 0 bridgehead atoms. The Labute approximate surface area is 107 Å². The summed E-state index contributed by atoms with van der Waals surface area (Å²) in [7, 11) is 3.98. The molecule has 96 valence electrons. The third kappa shape index (κ3) is 2.71. The maximum absolute atomic E-state index is 9.10. The molecule has 4 heteroatoms. The predicted molar refractivity (Wildman–Crippen MR) is 72.4 cm³/mol. The second kappa shape index (κ2) is 5.23. The number of nitrogens with zero attached hydrogens (tertiary/aromatic N) is 3. The molecule has 4 nitrogen and oxygen atoms in total. The lowest BCUT2D eigenvalue weighted by molar-refractivity contribution is 0.282. The molecule has 1 N–H and O–H groups in total. The van der Waals surface area contributed by atoms with Crippen LogP contribution in [0, 0.1) is 6.92 Å². The number of benzene rings is 1. The number of aliphatic hydroxyl groups excluding tert-OH is 1. The van der Waals surface area contributed by atoms with Gasteiger partial charge in [0.25, 0.3) is 0 Å². The first-order valence-electron chi connectivity index (χ1n) is 5.99. The van der Waals surface area contributed by atoms with Crippen LogP contribution in [0.1, 0.15) is 16.7 Å². The summed E-state index contributed by atoms with van der Waals surface area (Å²) >= 11 is 0. The Morgan fingerprint density at radius 3 is 2.67 bits per heavy atom. The van der Waals surface area contributed by atoms with Gasteiger partial charge >= 0.3 is 0 Å². The molecule has 0 amide bonds. The number of hydrogen-bond donors (Lipinski definition) is 1. The van der Waals surface area contributed by atoms with Crippen LogP contribution in [0.2, 0.25) is 0 Å². The Morgan fingerprint density at radius 2 is 2.11 bits per heavy atom. The van der Waals surface area contributed by atoms with E-state index in [0.717, 1.165) is 12.1 Å². The summed E-state index contributed by atoms with van der Waals surface area (Å²) in [5, 5.41) is 13.3. The Bertz CT molecular complexity index is 534. The van der Waals surface area contributed by atoms with E-state index < -0.39 is 0 Å². The molecule has 18 heavy (non-hydrogen) atoms. The molecule has 2 rings (SSSR count).